The number of methoxy groups -OCH3 is 2. The Morgan fingerprint density at radius 2 is 2.16 bits per heavy atom. The van der Waals surface area contributed by atoms with E-state index in [1.807, 2.05) is 13.8 Å². The Morgan fingerprint density at radius 3 is 2.63 bits per heavy atom. The lowest BCUT2D eigenvalue weighted by Gasteiger charge is -2.36. The Balaban J connectivity index is 3.17. The van der Waals surface area contributed by atoms with E-state index in [-0.39, 0.29) is 6.10 Å². The van der Waals surface area contributed by atoms with Crippen molar-refractivity contribution in [2.75, 3.05) is 20.8 Å². The highest BCUT2D eigenvalue weighted by molar-refractivity contribution is 5.85. The largest absolute Gasteiger partial charge is 0.496 e. The van der Waals surface area contributed by atoms with Crippen LogP contribution in [0.15, 0.2) is 23.2 Å². The van der Waals surface area contributed by atoms with Gasteiger partial charge < -0.3 is 25.3 Å². The van der Waals surface area contributed by atoms with Crippen molar-refractivity contribution in [3.63, 3.8) is 0 Å². The van der Waals surface area contributed by atoms with Crippen LogP contribution in [-0.2, 0) is 19.0 Å². The number of nitrogens with one attached hydrogen (secondary N) is 1. The first-order chi connectivity index (χ1) is 8.90. The highest BCUT2D eigenvalue weighted by atomic mass is 16.5. The van der Waals surface area contributed by atoms with Gasteiger partial charge in [0.15, 0.2) is 11.3 Å². The van der Waals surface area contributed by atoms with Gasteiger partial charge >= 0.3 is 5.97 Å². The van der Waals surface area contributed by atoms with Crippen LogP contribution in [0.4, 0.5) is 0 Å². The molecule has 1 rings (SSSR count). The molecule has 3 N–H and O–H groups in total. The van der Waals surface area contributed by atoms with Crippen molar-refractivity contribution < 1.29 is 19.0 Å². The molecule has 2 unspecified atom stereocenters. The zero-order valence-electron chi connectivity index (χ0n) is 12.1. The molecule has 108 valence electrons. The number of esters is 1. The van der Waals surface area contributed by atoms with Gasteiger partial charge in [0.1, 0.15) is 0 Å². The molecule has 0 saturated carbocycles. The standard InChI is InChI=1S/C13H22N2O4/c1-6-19-8(2)10-7-9(14)11(17-4)13(3,15-10)12(16)18-5/h7-8,15H,6,14H2,1-5H3. The fourth-order valence-electron chi connectivity index (χ4n) is 2.13. The quantitative estimate of drug-likeness (QED) is 0.714. The van der Waals surface area contributed by atoms with Gasteiger partial charge in [0.05, 0.1) is 26.0 Å². The van der Waals surface area contributed by atoms with Crippen LogP contribution in [0.1, 0.15) is 20.8 Å². The van der Waals surface area contributed by atoms with Crippen LogP contribution < -0.4 is 11.1 Å². The molecule has 0 radical (unpaired) electrons. The maximum absolute atomic E-state index is 12.0. The first kappa shape index (κ1) is 15.4. The number of hydrogen-bond acceptors (Lipinski definition) is 6. The molecule has 6 nitrogen and oxygen atoms in total. The van der Waals surface area contributed by atoms with Gasteiger partial charge in [-0.1, -0.05) is 0 Å². The SMILES string of the molecule is CCOC(C)C1=CC(N)=C(OC)C(C)(C(=O)OC)N1. The monoisotopic (exact) mass is 270 g/mol. The van der Waals surface area contributed by atoms with Crippen LogP contribution in [-0.4, -0.2) is 38.4 Å². The number of allylic oxidation sites excluding steroid dienone is 1. The van der Waals surface area contributed by atoms with Crippen molar-refractivity contribution >= 4 is 5.97 Å². The lowest BCUT2D eigenvalue weighted by atomic mass is 9.93. The summed E-state index contributed by atoms with van der Waals surface area (Å²) >= 11 is 0. The van der Waals surface area contributed by atoms with Gasteiger partial charge in [-0.2, -0.15) is 0 Å². The van der Waals surface area contributed by atoms with Crippen molar-refractivity contribution in [1.82, 2.24) is 5.32 Å². The van der Waals surface area contributed by atoms with Gasteiger partial charge in [-0.25, -0.2) is 4.79 Å². The third kappa shape index (κ3) is 2.84. The maximum atomic E-state index is 12.0. The van der Waals surface area contributed by atoms with Crippen molar-refractivity contribution in [3.8, 4) is 0 Å². The van der Waals surface area contributed by atoms with E-state index in [2.05, 4.69) is 5.32 Å². The second-order valence-electron chi connectivity index (χ2n) is 4.43. The van der Waals surface area contributed by atoms with Crippen LogP contribution >= 0.6 is 0 Å². The third-order valence-electron chi connectivity index (χ3n) is 3.07. The molecule has 6 heteroatoms. The number of ether oxygens (including phenoxy) is 3. The van der Waals surface area contributed by atoms with Gasteiger partial charge in [0, 0.05) is 12.3 Å². The molecular formula is C13H22N2O4. The molecule has 1 heterocycles. The molecule has 0 aromatic rings. The number of nitrogens with two attached hydrogens (primary N) is 1. The van der Waals surface area contributed by atoms with E-state index in [9.17, 15) is 4.79 Å². The number of carbonyl (C=O) groups excluding carboxylic acids is 1. The summed E-state index contributed by atoms with van der Waals surface area (Å²) in [5.74, 6) is -0.131. The second kappa shape index (κ2) is 5.97. The molecule has 19 heavy (non-hydrogen) atoms. The molecule has 1 aliphatic rings. The van der Waals surface area contributed by atoms with E-state index in [0.29, 0.717) is 23.8 Å². The minimum absolute atomic E-state index is 0.203. The van der Waals surface area contributed by atoms with E-state index >= 15 is 0 Å². The van der Waals surface area contributed by atoms with Crippen LogP contribution in [0.5, 0.6) is 0 Å². The van der Waals surface area contributed by atoms with Crippen LogP contribution in [0.3, 0.4) is 0 Å². The smallest absolute Gasteiger partial charge is 0.339 e. The molecule has 1 aliphatic heterocycles. The highest BCUT2D eigenvalue weighted by Crippen LogP contribution is 2.28. The van der Waals surface area contributed by atoms with Gasteiger partial charge in [-0.05, 0) is 26.8 Å². The molecule has 0 spiro atoms. The zero-order chi connectivity index (χ0) is 14.6. The molecule has 0 aliphatic carbocycles. The zero-order valence-corrected chi connectivity index (χ0v) is 12.1. The molecule has 0 bridgehead atoms. The summed E-state index contributed by atoms with van der Waals surface area (Å²) < 4.78 is 15.6. The summed E-state index contributed by atoms with van der Waals surface area (Å²) in [6.07, 6.45) is 1.51. The Labute approximate surface area is 113 Å². The summed E-state index contributed by atoms with van der Waals surface area (Å²) in [6, 6.07) is 0. The second-order valence-corrected chi connectivity index (χ2v) is 4.43. The molecular weight excluding hydrogens is 248 g/mol. The number of dihydropyridines is 1. The predicted octanol–water partition coefficient (Wildman–Crippen LogP) is 0.647. The van der Waals surface area contributed by atoms with E-state index < -0.39 is 11.5 Å². The van der Waals surface area contributed by atoms with Crippen LogP contribution in [0.25, 0.3) is 0 Å². The van der Waals surface area contributed by atoms with Gasteiger partial charge in [0.2, 0.25) is 0 Å². The van der Waals surface area contributed by atoms with E-state index in [0.717, 1.165) is 0 Å². The van der Waals surface area contributed by atoms with Gasteiger partial charge in [-0.15, -0.1) is 0 Å². The van der Waals surface area contributed by atoms with Crippen molar-refractivity contribution in [1.29, 1.82) is 0 Å². The van der Waals surface area contributed by atoms with Crippen LogP contribution in [0, 0.1) is 0 Å². The van der Waals surface area contributed by atoms with E-state index in [4.69, 9.17) is 19.9 Å². The summed E-state index contributed by atoms with van der Waals surface area (Å²) in [5, 5.41) is 3.10. The molecule has 0 aromatic heterocycles. The van der Waals surface area contributed by atoms with Crippen molar-refractivity contribution in [2.24, 2.45) is 5.73 Å². The summed E-state index contributed by atoms with van der Waals surface area (Å²) in [4.78, 5) is 12.0. The normalized spacial score (nSPS) is 24.4. The molecule has 0 amide bonds. The number of carbonyl (C=O) groups is 1. The molecule has 0 aromatic carbocycles. The average Bonchev–Trinajstić information content (AvgIpc) is 2.37. The Morgan fingerprint density at radius 1 is 1.53 bits per heavy atom. The van der Waals surface area contributed by atoms with Gasteiger partial charge in [0.25, 0.3) is 0 Å². The highest BCUT2D eigenvalue weighted by Gasteiger charge is 2.44. The van der Waals surface area contributed by atoms with Gasteiger partial charge in [-0.3, -0.25) is 0 Å². The first-order valence-corrected chi connectivity index (χ1v) is 6.14. The lowest BCUT2D eigenvalue weighted by Crippen LogP contribution is -2.55. The molecule has 0 saturated heterocycles. The van der Waals surface area contributed by atoms with Crippen LogP contribution in [0.2, 0.25) is 0 Å². The number of rotatable bonds is 5. The minimum Gasteiger partial charge on any atom is -0.496 e. The Bertz CT molecular complexity index is 417. The molecule has 0 fully saturated rings. The topological polar surface area (TPSA) is 82.8 Å². The average molecular weight is 270 g/mol. The summed E-state index contributed by atoms with van der Waals surface area (Å²) in [6.45, 7) is 6.01. The first-order valence-electron chi connectivity index (χ1n) is 6.14. The van der Waals surface area contributed by atoms with E-state index in [1.54, 1.807) is 13.0 Å². The fraction of sp³-hybridized carbons (Fsp3) is 0.615. The summed E-state index contributed by atoms with van der Waals surface area (Å²) in [7, 11) is 2.79. The lowest BCUT2D eigenvalue weighted by molar-refractivity contribution is -0.147. The maximum Gasteiger partial charge on any atom is 0.339 e. The Kier molecular flexibility index (Phi) is 4.83. The van der Waals surface area contributed by atoms with Crippen molar-refractivity contribution in [2.45, 2.75) is 32.4 Å². The van der Waals surface area contributed by atoms with Crippen molar-refractivity contribution in [3.05, 3.63) is 23.2 Å². The third-order valence-corrected chi connectivity index (χ3v) is 3.07. The predicted molar refractivity (Wildman–Crippen MR) is 71.0 cm³/mol. The molecule has 2 atom stereocenters. The number of hydrogen-bond donors (Lipinski definition) is 2. The fourth-order valence-corrected chi connectivity index (χ4v) is 2.13. The summed E-state index contributed by atoms with van der Waals surface area (Å²) in [5.41, 5.74) is 5.91. The minimum atomic E-state index is -1.15. The van der Waals surface area contributed by atoms with E-state index in [1.165, 1.54) is 14.2 Å². The Hall–Kier alpha value is -1.69.